The fraction of sp³-hybridized carbons (Fsp3) is 0.125. The van der Waals surface area contributed by atoms with Crippen LogP contribution in [0.3, 0.4) is 0 Å². The van der Waals surface area contributed by atoms with E-state index in [-0.39, 0.29) is 10.5 Å². The molecule has 1 aromatic rings. The molecule has 0 atom stereocenters. The lowest BCUT2D eigenvalue weighted by Crippen LogP contribution is -2.03. The lowest BCUT2D eigenvalue weighted by Gasteiger charge is -1.99. The van der Waals surface area contributed by atoms with Crippen molar-refractivity contribution in [2.45, 2.75) is 4.90 Å². The van der Waals surface area contributed by atoms with Crippen LogP contribution in [-0.2, 0) is 9.84 Å². The van der Waals surface area contributed by atoms with Gasteiger partial charge in [-0.2, -0.15) is 0 Å². The van der Waals surface area contributed by atoms with Crippen molar-refractivity contribution in [2.75, 3.05) is 6.01 Å². The molecule has 4 nitrogen and oxygen atoms in total. The van der Waals surface area contributed by atoms with E-state index in [2.05, 4.69) is 0 Å². The van der Waals surface area contributed by atoms with Crippen LogP contribution in [0.15, 0.2) is 29.2 Å². The van der Waals surface area contributed by atoms with Crippen LogP contribution in [0.4, 0.5) is 4.39 Å². The Labute approximate surface area is 79.9 Å². The van der Waals surface area contributed by atoms with Gasteiger partial charge in [-0.05, 0) is 24.3 Å². The van der Waals surface area contributed by atoms with E-state index in [0.717, 1.165) is 24.3 Å². The summed E-state index contributed by atoms with van der Waals surface area (Å²) in [7, 11) is -3.90. The van der Waals surface area contributed by atoms with E-state index in [9.17, 15) is 17.6 Å². The van der Waals surface area contributed by atoms with Gasteiger partial charge in [-0.3, -0.25) is 0 Å². The summed E-state index contributed by atoms with van der Waals surface area (Å²) in [6.07, 6.45) is 0. The van der Waals surface area contributed by atoms with Crippen LogP contribution in [0.5, 0.6) is 0 Å². The first-order valence-corrected chi connectivity index (χ1v) is 5.24. The molecule has 0 aromatic heterocycles. The third kappa shape index (κ3) is 2.08. The zero-order valence-electron chi connectivity index (χ0n) is 6.97. The predicted molar refractivity (Wildman–Crippen MR) is 46.6 cm³/mol. The van der Waals surface area contributed by atoms with Gasteiger partial charge in [0.05, 0.1) is 10.5 Å². The zero-order valence-corrected chi connectivity index (χ0v) is 7.79. The van der Waals surface area contributed by atoms with E-state index in [1.165, 1.54) is 0 Å². The third-order valence-electron chi connectivity index (χ3n) is 1.60. The Morgan fingerprint density at radius 3 is 2.14 bits per heavy atom. The summed E-state index contributed by atoms with van der Waals surface area (Å²) in [4.78, 5) is 10.2. The first kappa shape index (κ1) is 10.6. The van der Waals surface area contributed by atoms with Crippen LogP contribution in [0.25, 0.3) is 0 Å². The summed E-state index contributed by atoms with van der Waals surface area (Å²) in [5, 5.41) is 8.51. The smallest absolute Gasteiger partial charge is 0.335 e. The van der Waals surface area contributed by atoms with Gasteiger partial charge >= 0.3 is 5.97 Å². The van der Waals surface area contributed by atoms with Crippen molar-refractivity contribution in [3.8, 4) is 0 Å². The molecule has 6 heteroatoms. The molecule has 1 N–H and O–H groups in total. The molecule has 0 spiro atoms. The molecule has 0 fully saturated rings. The number of sulfone groups is 1. The highest BCUT2D eigenvalue weighted by molar-refractivity contribution is 7.91. The lowest BCUT2D eigenvalue weighted by atomic mass is 10.2. The molecule has 0 amide bonds. The highest BCUT2D eigenvalue weighted by atomic mass is 32.2. The molecule has 0 heterocycles. The monoisotopic (exact) mass is 218 g/mol. The summed E-state index contributed by atoms with van der Waals surface area (Å²) in [6.45, 7) is 0. The minimum atomic E-state index is -3.90. The second-order valence-corrected chi connectivity index (χ2v) is 4.47. The average molecular weight is 218 g/mol. The number of hydrogen-bond donors (Lipinski definition) is 1. The Kier molecular flexibility index (Phi) is 2.85. The molecule has 0 saturated carbocycles. The number of halogens is 1. The maximum Gasteiger partial charge on any atom is 0.335 e. The molecule has 76 valence electrons. The van der Waals surface area contributed by atoms with Crippen molar-refractivity contribution in [1.29, 1.82) is 0 Å². The van der Waals surface area contributed by atoms with Gasteiger partial charge in [0.1, 0.15) is 0 Å². The Balaban J connectivity index is 3.12. The Morgan fingerprint density at radius 2 is 1.79 bits per heavy atom. The van der Waals surface area contributed by atoms with E-state index in [4.69, 9.17) is 5.11 Å². The Hall–Kier alpha value is -1.43. The Bertz CT molecular complexity index is 435. The lowest BCUT2D eigenvalue weighted by molar-refractivity contribution is 0.0697. The van der Waals surface area contributed by atoms with E-state index >= 15 is 0 Å². The van der Waals surface area contributed by atoms with Crippen molar-refractivity contribution in [1.82, 2.24) is 0 Å². The van der Waals surface area contributed by atoms with Crippen molar-refractivity contribution < 1.29 is 22.7 Å². The maximum atomic E-state index is 12.0. The largest absolute Gasteiger partial charge is 0.478 e. The number of alkyl halides is 1. The molecule has 0 radical (unpaired) electrons. The first-order valence-electron chi connectivity index (χ1n) is 3.59. The molecule has 0 saturated heterocycles. The fourth-order valence-electron chi connectivity index (χ4n) is 0.868. The van der Waals surface area contributed by atoms with Gasteiger partial charge in [0.2, 0.25) is 9.84 Å². The SMILES string of the molecule is O=C(O)c1ccc(S(=O)(=O)CF)cc1. The zero-order chi connectivity index (χ0) is 10.8. The number of hydrogen-bond acceptors (Lipinski definition) is 3. The van der Waals surface area contributed by atoms with E-state index < -0.39 is 21.8 Å². The Morgan fingerprint density at radius 1 is 1.29 bits per heavy atom. The highest BCUT2D eigenvalue weighted by Crippen LogP contribution is 2.12. The molecular formula is C8H7FO4S. The van der Waals surface area contributed by atoms with Crippen LogP contribution in [0.2, 0.25) is 0 Å². The fourth-order valence-corrected chi connectivity index (χ4v) is 1.54. The van der Waals surface area contributed by atoms with Gasteiger partial charge in [-0.25, -0.2) is 17.6 Å². The molecular weight excluding hydrogens is 211 g/mol. The second kappa shape index (κ2) is 3.75. The van der Waals surface area contributed by atoms with Crippen molar-refractivity contribution in [3.63, 3.8) is 0 Å². The number of rotatable bonds is 3. The van der Waals surface area contributed by atoms with Crippen molar-refractivity contribution >= 4 is 15.8 Å². The number of carbonyl (C=O) groups is 1. The average Bonchev–Trinajstić information content (AvgIpc) is 2.18. The number of aromatic carboxylic acids is 1. The molecule has 0 aliphatic carbocycles. The summed E-state index contributed by atoms with van der Waals surface area (Å²) in [6, 6.07) is 2.88. The van der Waals surface area contributed by atoms with Crippen LogP contribution in [0, 0.1) is 0 Å². The molecule has 1 aromatic carbocycles. The van der Waals surface area contributed by atoms with Gasteiger partial charge in [0.15, 0.2) is 6.01 Å². The summed E-state index contributed by atoms with van der Waals surface area (Å²) < 4.78 is 33.9. The van der Waals surface area contributed by atoms with Crippen molar-refractivity contribution in [3.05, 3.63) is 29.8 Å². The van der Waals surface area contributed by atoms with Crippen LogP contribution in [-0.4, -0.2) is 25.5 Å². The quantitative estimate of drug-likeness (QED) is 0.824. The minimum Gasteiger partial charge on any atom is -0.478 e. The van der Waals surface area contributed by atoms with Crippen LogP contribution >= 0.6 is 0 Å². The molecule has 0 bridgehead atoms. The molecule has 0 aliphatic rings. The summed E-state index contributed by atoms with van der Waals surface area (Å²) in [5.41, 5.74) is -0.0391. The molecule has 1 rings (SSSR count). The van der Waals surface area contributed by atoms with E-state index in [1.54, 1.807) is 0 Å². The van der Waals surface area contributed by atoms with Gasteiger partial charge < -0.3 is 5.11 Å². The van der Waals surface area contributed by atoms with Gasteiger partial charge in [-0.1, -0.05) is 0 Å². The number of benzene rings is 1. The third-order valence-corrected chi connectivity index (χ3v) is 2.88. The van der Waals surface area contributed by atoms with E-state index in [1.807, 2.05) is 0 Å². The highest BCUT2D eigenvalue weighted by Gasteiger charge is 2.13. The van der Waals surface area contributed by atoms with Crippen LogP contribution < -0.4 is 0 Å². The van der Waals surface area contributed by atoms with Gasteiger partial charge in [-0.15, -0.1) is 0 Å². The summed E-state index contributed by atoms with van der Waals surface area (Å²) >= 11 is 0. The molecule has 14 heavy (non-hydrogen) atoms. The summed E-state index contributed by atoms with van der Waals surface area (Å²) in [5.74, 6) is -1.16. The maximum absolute atomic E-state index is 12.0. The van der Waals surface area contributed by atoms with E-state index in [0.29, 0.717) is 0 Å². The first-order chi connectivity index (χ1) is 6.47. The topological polar surface area (TPSA) is 71.4 Å². The standard InChI is InChI=1S/C8H7FO4S/c9-5-14(12,13)7-3-1-6(2-4-7)8(10)11/h1-4H,5H2,(H,10,11). The number of carboxylic acid groups (broad SMARTS) is 1. The predicted octanol–water partition coefficient (Wildman–Crippen LogP) is 1.09. The second-order valence-electron chi connectivity index (χ2n) is 2.55. The van der Waals surface area contributed by atoms with Crippen LogP contribution in [0.1, 0.15) is 10.4 Å². The normalized spacial score (nSPS) is 11.2. The molecule has 0 unspecified atom stereocenters. The number of carboxylic acids is 1. The minimum absolute atomic E-state index is 0.0391. The van der Waals surface area contributed by atoms with Crippen molar-refractivity contribution in [2.24, 2.45) is 0 Å². The molecule has 0 aliphatic heterocycles. The van der Waals surface area contributed by atoms with Gasteiger partial charge in [0, 0.05) is 0 Å². The van der Waals surface area contributed by atoms with Gasteiger partial charge in [0.25, 0.3) is 0 Å².